The lowest BCUT2D eigenvalue weighted by Gasteiger charge is -2.31. The first-order chi connectivity index (χ1) is 4.22. The highest BCUT2D eigenvalue weighted by molar-refractivity contribution is 4.77. The predicted octanol–water partition coefficient (Wildman–Crippen LogP) is 0.759. The van der Waals surface area contributed by atoms with E-state index in [0.29, 0.717) is 18.1 Å². The molecular formula is C7H15NO. The average Bonchev–Trinajstić information content (AvgIpc) is 1.83. The Balaban J connectivity index is 2.41. The summed E-state index contributed by atoms with van der Waals surface area (Å²) in [4.78, 5) is 0. The Hall–Kier alpha value is -0.0800. The molecule has 1 aliphatic rings. The first-order valence-electron chi connectivity index (χ1n) is 3.59. The maximum absolute atomic E-state index is 5.79. The van der Waals surface area contributed by atoms with Gasteiger partial charge >= 0.3 is 0 Å². The lowest BCUT2D eigenvalue weighted by molar-refractivity contribution is -0.0181. The van der Waals surface area contributed by atoms with Crippen LogP contribution in [0.3, 0.4) is 0 Å². The molecule has 0 aliphatic carbocycles. The van der Waals surface area contributed by atoms with Gasteiger partial charge in [-0.3, -0.25) is 0 Å². The molecule has 3 atom stereocenters. The second kappa shape index (κ2) is 2.67. The highest BCUT2D eigenvalue weighted by atomic mass is 16.5. The number of ether oxygens (including phenoxy) is 1. The molecule has 0 aromatic rings. The van der Waals surface area contributed by atoms with Crippen molar-refractivity contribution in [1.29, 1.82) is 0 Å². The second-order valence-electron chi connectivity index (χ2n) is 2.89. The van der Waals surface area contributed by atoms with E-state index < -0.39 is 0 Å². The molecule has 0 radical (unpaired) electrons. The summed E-state index contributed by atoms with van der Waals surface area (Å²) in [5.74, 6) is 0.527. The van der Waals surface area contributed by atoms with Gasteiger partial charge < -0.3 is 10.5 Å². The Kier molecular flexibility index (Phi) is 2.09. The molecule has 1 aliphatic heterocycles. The Morgan fingerprint density at radius 2 is 2.11 bits per heavy atom. The molecule has 1 saturated heterocycles. The van der Waals surface area contributed by atoms with E-state index in [1.54, 1.807) is 0 Å². The van der Waals surface area contributed by atoms with Crippen molar-refractivity contribution in [2.24, 2.45) is 11.7 Å². The van der Waals surface area contributed by atoms with Gasteiger partial charge in [-0.15, -0.1) is 0 Å². The second-order valence-corrected chi connectivity index (χ2v) is 2.89. The molecule has 1 heterocycles. The zero-order valence-electron chi connectivity index (χ0n) is 6.13. The van der Waals surface area contributed by atoms with E-state index in [-0.39, 0.29) is 0 Å². The Labute approximate surface area is 56.4 Å². The van der Waals surface area contributed by atoms with Gasteiger partial charge in [0.25, 0.3) is 0 Å². The average molecular weight is 129 g/mol. The minimum Gasteiger partial charge on any atom is -0.378 e. The van der Waals surface area contributed by atoms with Crippen LogP contribution in [0, 0.1) is 5.92 Å². The molecule has 54 valence electrons. The normalized spacial score (nSPS) is 45.0. The maximum Gasteiger partial charge on any atom is 0.0587 e. The van der Waals surface area contributed by atoms with Crippen molar-refractivity contribution in [1.82, 2.24) is 0 Å². The number of hydrogen-bond acceptors (Lipinski definition) is 2. The van der Waals surface area contributed by atoms with Gasteiger partial charge in [-0.25, -0.2) is 0 Å². The quantitative estimate of drug-likeness (QED) is 0.524. The largest absolute Gasteiger partial charge is 0.378 e. The number of nitrogens with two attached hydrogens (primary N) is 1. The van der Waals surface area contributed by atoms with Crippen molar-refractivity contribution < 1.29 is 4.74 Å². The third-order valence-electron chi connectivity index (χ3n) is 2.25. The van der Waals surface area contributed by atoms with Crippen LogP contribution in [0.25, 0.3) is 0 Å². The lowest BCUT2D eigenvalue weighted by atomic mass is 9.93. The molecule has 0 aromatic carbocycles. The van der Waals surface area contributed by atoms with Crippen LogP contribution in [0.4, 0.5) is 0 Å². The van der Waals surface area contributed by atoms with Crippen LogP contribution >= 0.6 is 0 Å². The third-order valence-corrected chi connectivity index (χ3v) is 2.25. The van der Waals surface area contributed by atoms with Gasteiger partial charge in [0.1, 0.15) is 0 Å². The van der Waals surface area contributed by atoms with Crippen molar-refractivity contribution in [2.75, 3.05) is 6.61 Å². The summed E-state index contributed by atoms with van der Waals surface area (Å²) in [5, 5.41) is 0. The molecule has 0 aromatic heterocycles. The van der Waals surface area contributed by atoms with Gasteiger partial charge in [0.15, 0.2) is 0 Å². The van der Waals surface area contributed by atoms with Gasteiger partial charge in [0.05, 0.1) is 6.10 Å². The van der Waals surface area contributed by atoms with E-state index >= 15 is 0 Å². The molecule has 2 heteroatoms. The molecule has 2 N–H and O–H groups in total. The summed E-state index contributed by atoms with van der Waals surface area (Å²) < 4.78 is 5.38. The van der Waals surface area contributed by atoms with E-state index in [2.05, 4.69) is 13.8 Å². The minimum atomic E-state index is 0.355. The van der Waals surface area contributed by atoms with Gasteiger partial charge in [0.2, 0.25) is 0 Å². The first-order valence-corrected chi connectivity index (χ1v) is 3.59. The fourth-order valence-corrected chi connectivity index (χ4v) is 1.15. The molecular weight excluding hydrogens is 114 g/mol. The number of rotatable bonds is 0. The first kappa shape index (κ1) is 7.03. The summed E-state index contributed by atoms with van der Waals surface area (Å²) in [6.07, 6.45) is 1.37. The van der Waals surface area contributed by atoms with Crippen molar-refractivity contribution in [3.63, 3.8) is 0 Å². The molecule has 0 unspecified atom stereocenters. The van der Waals surface area contributed by atoms with Crippen LogP contribution < -0.4 is 5.73 Å². The van der Waals surface area contributed by atoms with Crippen LogP contribution in [0.1, 0.15) is 20.3 Å². The molecule has 0 saturated carbocycles. The van der Waals surface area contributed by atoms with Gasteiger partial charge in [0, 0.05) is 12.6 Å². The molecule has 9 heavy (non-hydrogen) atoms. The summed E-state index contributed by atoms with van der Waals surface area (Å²) in [6, 6.07) is 0.355. The van der Waals surface area contributed by atoms with Gasteiger partial charge in [-0.1, -0.05) is 6.92 Å². The highest BCUT2D eigenvalue weighted by Gasteiger charge is 2.24. The highest BCUT2D eigenvalue weighted by Crippen LogP contribution is 2.18. The Morgan fingerprint density at radius 3 is 2.56 bits per heavy atom. The summed E-state index contributed by atoms with van der Waals surface area (Å²) in [7, 11) is 0. The third kappa shape index (κ3) is 1.43. The van der Waals surface area contributed by atoms with Crippen molar-refractivity contribution >= 4 is 0 Å². The minimum absolute atomic E-state index is 0.355. The van der Waals surface area contributed by atoms with Crippen LogP contribution in [-0.4, -0.2) is 18.8 Å². The fourth-order valence-electron chi connectivity index (χ4n) is 1.15. The smallest absolute Gasteiger partial charge is 0.0587 e. The lowest BCUT2D eigenvalue weighted by Crippen LogP contribution is -2.41. The predicted molar refractivity (Wildman–Crippen MR) is 37.2 cm³/mol. The molecule has 0 spiro atoms. The molecule has 1 rings (SSSR count). The van der Waals surface area contributed by atoms with Gasteiger partial charge in [-0.2, -0.15) is 0 Å². The molecule has 1 fully saturated rings. The topological polar surface area (TPSA) is 35.2 Å². The van der Waals surface area contributed by atoms with E-state index in [0.717, 1.165) is 13.0 Å². The van der Waals surface area contributed by atoms with Crippen LogP contribution in [0.2, 0.25) is 0 Å². The van der Waals surface area contributed by atoms with Crippen LogP contribution in [0.5, 0.6) is 0 Å². The SMILES string of the molecule is C[C@@H]1[C@H](C)OCC[C@@H]1N. The van der Waals surface area contributed by atoms with E-state index in [1.165, 1.54) is 0 Å². The monoisotopic (exact) mass is 129 g/mol. The molecule has 0 bridgehead atoms. The van der Waals surface area contributed by atoms with Crippen LogP contribution in [0.15, 0.2) is 0 Å². The van der Waals surface area contributed by atoms with Gasteiger partial charge in [-0.05, 0) is 19.3 Å². The molecule has 0 amide bonds. The van der Waals surface area contributed by atoms with Crippen LogP contribution in [-0.2, 0) is 4.74 Å². The summed E-state index contributed by atoms with van der Waals surface area (Å²) >= 11 is 0. The van der Waals surface area contributed by atoms with E-state index in [1.807, 2.05) is 0 Å². The van der Waals surface area contributed by atoms with E-state index in [4.69, 9.17) is 10.5 Å². The van der Waals surface area contributed by atoms with Crippen molar-refractivity contribution in [3.8, 4) is 0 Å². The standard InChI is InChI=1S/C7H15NO/c1-5-6(2)9-4-3-7(5)8/h5-7H,3-4,8H2,1-2H3/t5-,6+,7+/m1/s1. The van der Waals surface area contributed by atoms with Crippen molar-refractivity contribution in [3.05, 3.63) is 0 Å². The van der Waals surface area contributed by atoms with Crippen molar-refractivity contribution in [2.45, 2.75) is 32.4 Å². The number of hydrogen-bond donors (Lipinski definition) is 1. The Morgan fingerprint density at radius 1 is 1.44 bits per heavy atom. The van der Waals surface area contributed by atoms with E-state index in [9.17, 15) is 0 Å². The molecule has 2 nitrogen and oxygen atoms in total. The zero-order chi connectivity index (χ0) is 6.85. The fraction of sp³-hybridized carbons (Fsp3) is 1.00. The zero-order valence-corrected chi connectivity index (χ0v) is 6.13. The Bertz CT molecular complexity index is 84.9. The maximum atomic E-state index is 5.79. The summed E-state index contributed by atoms with van der Waals surface area (Å²) in [6.45, 7) is 5.07. The summed E-state index contributed by atoms with van der Waals surface area (Å²) in [5.41, 5.74) is 5.79.